The summed E-state index contributed by atoms with van der Waals surface area (Å²) in [6, 6.07) is 0.0915. The number of carboxylic acids is 2. The molecule has 8 heteroatoms. The predicted molar refractivity (Wildman–Crippen MR) is 62.0 cm³/mol. The van der Waals surface area contributed by atoms with Crippen molar-refractivity contribution in [3.63, 3.8) is 0 Å². The number of rotatable bonds is 6. The highest BCUT2D eigenvalue weighted by Crippen LogP contribution is 2.24. The lowest BCUT2D eigenvalue weighted by molar-refractivity contribution is -0.145. The second-order valence-electron chi connectivity index (χ2n) is 3.28. The van der Waals surface area contributed by atoms with Gasteiger partial charge in [-0.25, -0.2) is 4.79 Å². The largest absolute Gasteiger partial charge is 0.495 e. The lowest BCUT2D eigenvalue weighted by Gasteiger charge is -2.12. The van der Waals surface area contributed by atoms with Gasteiger partial charge in [0.05, 0.1) is 13.5 Å². The molecule has 0 spiro atoms. The van der Waals surface area contributed by atoms with Crippen LogP contribution in [0.25, 0.3) is 0 Å². The summed E-state index contributed by atoms with van der Waals surface area (Å²) in [6.45, 7) is 0. The maximum Gasteiger partial charge on any atom is 0.326 e. The van der Waals surface area contributed by atoms with Crippen LogP contribution in [0.5, 0.6) is 5.75 Å². The van der Waals surface area contributed by atoms with Gasteiger partial charge in [-0.3, -0.25) is 9.59 Å². The number of carbonyl (C=O) groups excluding carboxylic acids is 1. The molecule has 3 N–H and O–H groups in total. The summed E-state index contributed by atoms with van der Waals surface area (Å²) in [6.07, 6.45) is -0.686. The normalized spacial score (nSPS) is 11.6. The van der Waals surface area contributed by atoms with Gasteiger partial charge in [-0.1, -0.05) is 0 Å². The molecule has 98 valence electrons. The van der Waals surface area contributed by atoms with Crippen LogP contribution in [0.3, 0.4) is 0 Å². The van der Waals surface area contributed by atoms with Gasteiger partial charge in [-0.2, -0.15) is 0 Å². The van der Waals surface area contributed by atoms with Gasteiger partial charge in [-0.05, 0) is 11.4 Å². The van der Waals surface area contributed by atoms with Gasteiger partial charge >= 0.3 is 11.9 Å². The van der Waals surface area contributed by atoms with Crippen LogP contribution in [0.1, 0.15) is 16.1 Å². The van der Waals surface area contributed by atoms with E-state index in [0.717, 1.165) is 11.3 Å². The van der Waals surface area contributed by atoms with Gasteiger partial charge in [-0.15, -0.1) is 11.3 Å². The third kappa shape index (κ3) is 3.45. The monoisotopic (exact) mass is 273 g/mol. The zero-order valence-electron chi connectivity index (χ0n) is 9.37. The van der Waals surface area contributed by atoms with E-state index in [0.29, 0.717) is 5.75 Å². The van der Waals surface area contributed by atoms with Crippen LogP contribution in [0.4, 0.5) is 0 Å². The number of carboxylic acid groups (broad SMARTS) is 2. The highest BCUT2D eigenvalue weighted by Gasteiger charge is 2.25. The summed E-state index contributed by atoms with van der Waals surface area (Å²) < 4.78 is 4.92. The SMILES string of the molecule is COc1ccsc1C(=O)N[C@@H](CC(=O)O)C(=O)O. The van der Waals surface area contributed by atoms with Crippen LogP contribution in [-0.2, 0) is 9.59 Å². The molecule has 1 heterocycles. The van der Waals surface area contributed by atoms with Crippen LogP contribution in [0.2, 0.25) is 0 Å². The van der Waals surface area contributed by atoms with E-state index < -0.39 is 30.3 Å². The number of thiophene rings is 1. The molecule has 1 atom stereocenters. The summed E-state index contributed by atoms with van der Waals surface area (Å²) in [5.74, 6) is -3.06. The molecule has 0 unspecified atom stereocenters. The van der Waals surface area contributed by atoms with Crippen molar-refractivity contribution in [1.29, 1.82) is 0 Å². The van der Waals surface area contributed by atoms with E-state index >= 15 is 0 Å². The topological polar surface area (TPSA) is 113 Å². The first-order chi connectivity index (χ1) is 8.45. The molecule has 1 aromatic rings. The molecule has 0 fully saturated rings. The zero-order chi connectivity index (χ0) is 13.7. The Kier molecular flexibility index (Phi) is 4.67. The number of ether oxygens (including phenoxy) is 1. The molecule has 1 amide bonds. The number of methoxy groups -OCH3 is 1. The van der Waals surface area contributed by atoms with Crippen molar-refractivity contribution in [3.8, 4) is 5.75 Å². The van der Waals surface area contributed by atoms with Crippen LogP contribution in [-0.4, -0.2) is 41.2 Å². The molecule has 0 radical (unpaired) electrons. The van der Waals surface area contributed by atoms with E-state index in [2.05, 4.69) is 5.32 Å². The predicted octanol–water partition coefficient (Wildman–Crippen LogP) is 0.414. The summed E-state index contributed by atoms with van der Waals surface area (Å²) in [5.41, 5.74) is 0. The van der Waals surface area contributed by atoms with Crippen molar-refractivity contribution in [2.24, 2.45) is 0 Å². The Morgan fingerprint density at radius 3 is 2.61 bits per heavy atom. The first-order valence-corrected chi connectivity index (χ1v) is 5.70. The van der Waals surface area contributed by atoms with E-state index in [1.807, 2.05) is 0 Å². The number of amides is 1. The molecule has 0 bridgehead atoms. The number of nitrogens with one attached hydrogen (secondary N) is 1. The van der Waals surface area contributed by atoms with E-state index in [1.165, 1.54) is 7.11 Å². The Morgan fingerprint density at radius 2 is 2.11 bits per heavy atom. The molecular weight excluding hydrogens is 262 g/mol. The van der Waals surface area contributed by atoms with Crippen molar-refractivity contribution in [2.45, 2.75) is 12.5 Å². The number of hydrogen-bond acceptors (Lipinski definition) is 5. The highest BCUT2D eigenvalue weighted by molar-refractivity contribution is 7.12. The lowest BCUT2D eigenvalue weighted by atomic mass is 10.2. The van der Waals surface area contributed by atoms with Crippen LogP contribution in [0, 0.1) is 0 Å². The second-order valence-corrected chi connectivity index (χ2v) is 4.20. The molecule has 18 heavy (non-hydrogen) atoms. The number of carbonyl (C=O) groups is 3. The molecule has 1 aromatic heterocycles. The molecule has 0 aliphatic heterocycles. The Bertz CT molecular complexity index is 469. The number of hydrogen-bond donors (Lipinski definition) is 3. The first-order valence-electron chi connectivity index (χ1n) is 4.82. The van der Waals surface area contributed by atoms with E-state index in [4.69, 9.17) is 14.9 Å². The third-order valence-electron chi connectivity index (χ3n) is 2.04. The standard InChI is InChI=1S/C10H11NO6S/c1-17-6-2-3-18-8(6)9(14)11-5(10(15)16)4-7(12)13/h2-3,5H,4H2,1H3,(H,11,14)(H,12,13)(H,15,16)/t5-/m0/s1. The van der Waals surface area contributed by atoms with Crippen molar-refractivity contribution in [1.82, 2.24) is 5.32 Å². The maximum atomic E-state index is 11.7. The molecule has 0 aromatic carbocycles. The third-order valence-corrected chi connectivity index (χ3v) is 2.93. The fourth-order valence-electron chi connectivity index (χ4n) is 1.22. The minimum atomic E-state index is -1.47. The average Bonchev–Trinajstić information content (AvgIpc) is 2.75. The highest BCUT2D eigenvalue weighted by atomic mass is 32.1. The van der Waals surface area contributed by atoms with Gasteiger partial charge in [0.1, 0.15) is 16.7 Å². The fourth-order valence-corrected chi connectivity index (χ4v) is 1.98. The van der Waals surface area contributed by atoms with Gasteiger partial charge in [0.2, 0.25) is 0 Å². The minimum Gasteiger partial charge on any atom is -0.495 e. The lowest BCUT2D eigenvalue weighted by Crippen LogP contribution is -2.42. The van der Waals surface area contributed by atoms with E-state index in [1.54, 1.807) is 11.4 Å². The summed E-state index contributed by atoms with van der Waals surface area (Å²) in [5, 5.41) is 21.1. The average molecular weight is 273 g/mol. The quantitative estimate of drug-likeness (QED) is 0.692. The van der Waals surface area contributed by atoms with Crippen LogP contribution < -0.4 is 10.1 Å². The summed E-state index contributed by atoms with van der Waals surface area (Å²) in [7, 11) is 1.38. The van der Waals surface area contributed by atoms with Crippen molar-refractivity contribution >= 4 is 29.2 Å². The zero-order valence-corrected chi connectivity index (χ0v) is 10.2. The smallest absolute Gasteiger partial charge is 0.326 e. The Hall–Kier alpha value is -2.09. The van der Waals surface area contributed by atoms with E-state index in [9.17, 15) is 14.4 Å². The maximum absolute atomic E-state index is 11.7. The Balaban J connectivity index is 2.78. The van der Waals surface area contributed by atoms with Crippen molar-refractivity contribution in [3.05, 3.63) is 16.3 Å². The van der Waals surface area contributed by atoms with Crippen molar-refractivity contribution < 1.29 is 29.3 Å². The number of aliphatic carboxylic acids is 2. The van der Waals surface area contributed by atoms with Gasteiger partial charge < -0.3 is 20.3 Å². The summed E-state index contributed by atoms with van der Waals surface area (Å²) >= 11 is 1.08. The molecular formula is C10H11NO6S. The van der Waals surface area contributed by atoms with Gasteiger partial charge in [0.15, 0.2) is 0 Å². The van der Waals surface area contributed by atoms with Crippen LogP contribution in [0.15, 0.2) is 11.4 Å². The molecule has 0 aliphatic rings. The Morgan fingerprint density at radius 1 is 1.44 bits per heavy atom. The molecule has 0 saturated carbocycles. The molecule has 1 rings (SSSR count). The molecule has 0 saturated heterocycles. The van der Waals surface area contributed by atoms with Gasteiger partial charge in [0.25, 0.3) is 5.91 Å². The minimum absolute atomic E-state index is 0.203. The molecule has 0 aliphatic carbocycles. The van der Waals surface area contributed by atoms with Crippen molar-refractivity contribution in [2.75, 3.05) is 7.11 Å². The second kappa shape index (κ2) is 6.01. The van der Waals surface area contributed by atoms with Gasteiger partial charge in [0, 0.05) is 0 Å². The fraction of sp³-hybridized carbons (Fsp3) is 0.300. The Labute approximate surface area is 106 Å². The first kappa shape index (κ1) is 14.0. The summed E-state index contributed by atoms with van der Waals surface area (Å²) in [4.78, 5) is 33.2. The van der Waals surface area contributed by atoms with Crippen LogP contribution >= 0.6 is 11.3 Å². The molecule has 7 nitrogen and oxygen atoms in total. The van der Waals surface area contributed by atoms with E-state index in [-0.39, 0.29) is 4.88 Å².